The number of nitriles is 1. The average molecular weight is 342 g/mol. The number of rotatable bonds is 5. The molecule has 0 saturated carbocycles. The molecule has 9 heteroatoms. The molecular formula is C15H13F3N2O4. The number of alkyl halides is 3. The number of carbonyl (C=O) groups is 3. The van der Waals surface area contributed by atoms with Crippen LogP contribution in [-0.4, -0.2) is 41.6 Å². The number of aryl methyl sites for hydroxylation is 1. The van der Waals surface area contributed by atoms with E-state index in [1.807, 2.05) is 0 Å². The van der Waals surface area contributed by atoms with Gasteiger partial charge in [0.25, 0.3) is 0 Å². The van der Waals surface area contributed by atoms with Crippen LogP contribution in [0.25, 0.3) is 0 Å². The molecule has 1 aliphatic heterocycles. The van der Waals surface area contributed by atoms with Crippen LogP contribution in [0, 0.1) is 30.1 Å². The van der Waals surface area contributed by atoms with Gasteiger partial charge in [-0.3, -0.25) is 14.4 Å². The predicted octanol–water partition coefficient (Wildman–Crippen LogP) is 1.89. The normalized spacial score (nSPS) is 19.2. The molecule has 1 aromatic rings. The minimum Gasteiger partial charge on any atom is -0.461 e. The summed E-state index contributed by atoms with van der Waals surface area (Å²) < 4.78 is 42.1. The quantitative estimate of drug-likeness (QED) is 0.602. The molecule has 1 amide bonds. The summed E-state index contributed by atoms with van der Waals surface area (Å²) in [7, 11) is 0. The molecule has 128 valence electrons. The van der Waals surface area contributed by atoms with Crippen LogP contribution in [0.15, 0.2) is 16.7 Å². The van der Waals surface area contributed by atoms with Crippen LogP contribution in [0.4, 0.5) is 13.2 Å². The molecule has 0 N–H and O–H groups in total. The molecule has 6 nitrogen and oxygen atoms in total. The van der Waals surface area contributed by atoms with Crippen LogP contribution in [-0.2, 0) is 9.59 Å². The number of halogens is 3. The van der Waals surface area contributed by atoms with E-state index in [0.717, 1.165) is 0 Å². The number of carbonyl (C=O) groups excluding carboxylic acids is 3. The Kier molecular flexibility index (Phi) is 4.78. The Morgan fingerprint density at radius 2 is 2.17 bits per heavy atom. The van der Waals surface area contributed by atoms with Crippen molar-refractivity contribution in [2.24, 2.45) is 11.8 Å². The fraction of sp³-hybridized carbons (Fsp3) is 0.467. The fourth-order valence-corrected chi connectivity index (χ4v) is 2.58. The van der Waals surface area contributed by atoms with Crippen molar-refractivity contribution >= 4 is 17.5 Å². The number of furan rings is 1. The number of ketones is 2. The van der Waals surface area contributed by atoms with Gasteiger partial charge in [-0.1, -0.05) is 0 Å². The lowest BCUT2D eigenvalue weighted by Crippen LogP contribution is -2.36. The molecule has 1 aliphatic rings. The molecular weight excluding hydrogens is 329 g/mol. The summed E-state index contributed by atoms with van der Waals surface area (Å²) in [5, 5.41) is 9.12. The van der Waals surface area contributed by atoms with E-state index in [2.05, 4.69) is 0 Å². The highest BCUT2D eigenvalue weighted by Crippen LogP contribution is 2.27. The first kappa shape index (κ1) is 17.7. The molecule has 0 spiro atoms. The van der Waals surface area contributed by atoms with Crippen molar-refractivity contribution in [1.29, 1.82) is 5.26 Å². The molecule has 2 heterocycles. The lowest BCUT2D eigenvalue weighted by molar-refractivity contribution is -0.157. The third-order valence-electron chi connectivity index (χ3n) is 3.75. The molecule has 2 atom stereocenters. The van der Waals surface area contributed by atoms with Gasteiger partial charge in [0.15, 0.2) is 17.5 Å². The third kappa shape index (κ3) is 3.64. The van der Waals surface area contributed by atoms with Gasteiger partial charge in [-0.15, -0.1) is 0 Å². The SMILES string of the molecule is Cc1ccoc1C(=O)[C@H](C#N)C(=O)[C@@H]1CC(=O)N(CC(F)(F)F)C1. The van der Waals surface area contributed by atoms with Gasteiger partial charge < -0.3 is 9.32 Å². The van der Waals surface area contributed by atoms with E-state index in [1.54, 1.807) is 13.0 Å². The topological polar surface area (TPSA) is 91.4 Å². The summed E-state index contributed by atoms with van der Waals surface area (Å²) in [5.41, 5.74) is 0.439. The van der Waals surface area contributed by atoms with Gasteiger partial charge >= 0.3 is 6.18 Å². The summed E-state index contributed by atoms with van der Waals surface area (Å²) in [6, 6.07) is 3.04. The van der Waals surface area contributed by atoms with Crippen molar-refractivity contribution in [3.63, 3.8) is 0 Å². The van der Waals surface area contributed by atoms with Crippen LogP contribution in [0.2, 0.25) is 0 Å². The Hall–Kier alpha value is -2.63. The van der Waals surface area contributed by atoms with Crippen molar-refractivity contribution in [2.45, 2.75) is 19.5 Å². The maximum atomic E-state index is 12.4. The largest absolute Gasteiger partial charge is 0.461 e. The fourth-order valence-electron chi connectivity index (χ4n) is 2.58. The number of Topliss-reactive ketones (excluding diaryl/α,β-unsaturated/α-hetero) is 2. The van der Waals surface area contributed by atoms with Crippen molar-refractivity contribution in [3.05, 3.63) is 23.7 Å². The summed E-state index contributed by atoms with van der Waals surface area (Å²) in [6.45, 7) is -0.363. The monoisotopic (exact) mass is 342 g/mol. The Balaban J connectivity index is 2.13. The molecule has 2 rings (SSSR count). The molecule has 1 saturated heterocycles. The Morgan fingerprint density at radius 1 is 1.50 bits per heavy atom. The lowest BCUT2D eigenvalue weighted by atomic mass is 9.88. The number of hydrogen-bond acceptors (Lipinski definition) is 5. The van der Waals surface area contributed by atoms with Gasteiger partial charge in [0.05, 0.1) is 12.3 Å². The Labute approximate surface area is 134 Å². The Bertz CT molecular complexity index is 717. The van der Waals surface area contributed by atoms with Crippen LogP contribution in [0.1, 0.15) is 22.5 Å². The van der Waals surface area contributed by atoms with E-state index in [-0.39, 0.29) is 5.76 Å². The van der Waals surface area contributed by atoms with Gasteiger partial charge in [0, 0.05) is 18.9 Å². The van der Waals surface area contributed by atoms with E-state index in [9.17, 15) is 27.6 Å². The Morgan fingerprint density at radius 3 is 2.67 bits per heavy atom. The second-order valence-corrected chi connectivity index (χ2v) is 5.55. The minimum absolute atomic E-state index is 0.147. The maximum Gasteiger partial charge on any atom is 0.406 e. The summed E-state index contributed by atoms with van der Waals surface area (Å²) in [5.74, 6) is -5.53. The summed E-state index contributed by atoms with van der Waals surface area (Å²) in [4.78, 5) is 36.7. The summed E-state index contributed by atoms with van der Waals surface area (Å²) in [6.07, 6.45) is -3.80. The molecule has 0 aromatic carbocycles. The standard InChI is InChI=1S/C15H13F3N2O4/c1-8-2-3-24-14(8)13(23)10(5-19)12(22)9-4-11(21)20(6-9)7-15(16,17)18/h2-3,9-10H,4,6-7H2,1H3/t9-,10-/m1/s1. The van der Waals surface area contributed by atoms with E-state index in [0.29, 0.717) is 10.5 Å². The molecule has 0 radical (unpaired) electrons. The van der Waals surface area contributed by atoms with Crippen molar-refractivity contribution in [3.8, 4) is 6.07 Å². The highest BCUT2D eigenvalue weighted by molar-refractivity contribution is 6.13. The molecule has 24 heavy (non-hydrogen) atoms. The summed E-state index contributed by atoms with van der Waals surface area (Å²) >= 11 is 0. The van der Waals surface area contributed by atoms with E-state index >= 15 is 0 Å². The zero-order chi connectivity index (χ0) is 18.1. The second-order valence-electron chi connectivity index (χ2n) is 5.55. The first-order valence-corrected chi connectivity index (χ1v) is 7.00. The molecule has 1 aromatic heterocycles. The highest BCUT2D eigenvalue weighted by atomic mass is 19.4. The number of hydrogen-bond donors (Lipinski definition) is 0. The van der Waals surface area contributed by atoms with Crippen LogP contribution < -0.4 is 0 Å². The molecule has 0 unspecified atom stereocenters. The van der Waals surface area contributed by atoms with Crippen LogP contribution in [0.5, 0.6) is 0 Å². The highest BCUT2D eigenvalue weighted by Gasteiger charge is 2.44. The first-order chi connectivity index (χ1) is 11.1. The zero-order valence-corrected chi connectivity index (χ0v) is 12.6. The number of nitrogens with zero attached hydrogens (tertiary/aromatic N) is 2. The van der Waals surface area contributed by atoms with Gasteiger partial charge in [-0.2, -0.15) is 18.4 Å². The van der Waals surface area contributed by atoms with E-state index in [1.165, 1.54) is 12.3 Å². The van der Waals surface area contributed by atoms with Gasteiger partial charge in [-0.05, 0) is 18.6 Å². The maximum absolute atomic E-state index is 12.4. The number of amides is 1. The third-order valence-corrected chi connectivity index (χ3v) is 3.75. The lowest BCUT2D eigenvalue weighted by Gasteiger charge is -2.18. The smallest absolute Gasteiger partial charge is 0.406 e. The molecule has 1 fully saturated rings. The van der Waals surface area contributed by atoms with Crippen LogP contribution in [0.3, 0.4) is 0 Å². The van der Waals surface area contributed by atoms with Gasteiger partial charge in [0.2, 0.25) is 11.7 Å². The van der Waals surface area contributed by atoms with Crippen molar-refractivity contribution in [1.82, 2.24) is 4.90 Å². The van der Waals surface area contributed by atoms with Crippen molar-refractivity contribution < 1.29 is 32.0 Å². The zero-order valence-electron chi connectivity index (χ0n) is 12.6. The molecule has 0 aliphatic carbocycles. The van der Waals surface area contributed by atoms with Gasteiger partial charge in [-0.25, -0.2) is 0 Å². The molecule has 0 bridgehead atoms. The van der Waals surface area contributed by atoms with E-state index < -0.39 is 55.0 Å². The van der Waals surface area contributed by atoms with Crippen molar-refractivity contribution in [2.75, 3.05) is 13.1 Å². The second kappa shape index (κ2) is 6.47. The first-order valence-electron chi connectivity index (χ1n) is 7.00. The minimum atomic E-state index is -4.58. The average Bonchev–Trinajstić information content (AvgIpc) is 3.04. The van der Waals surface area contributed by atoms with Crippen LogP contribution >= 0.6 is 0 Å². The van der Waals surface area contributed by atoms with E-state index in [4.69, 9.17) is 9.68 Å². The predicted molar refractivity (Wildman–Crippen MR) is 72.6 cm³/mol. The number of likely N-dealkylation sites (tertiary alicyclic amines) is 1. The van der Waals surface area contributed by atoms with Gasteiger partial charge in [0.1, 0.15) is 6.54 Å².